The zero-order valence-corrected chi connectivity index (χ0v) is 10.6. The summed E-state index contributed by atoms with van der Waals surface area (Å²) in [6.07, 6.45) is -5.08. The highest BCUT2D eigenvalue weighted by Crippen LogP contribution is 2.43. The number of halogens is 3. The summed E-state index contributed by atoms with van der Waals surface area (Å²) in [7, 11) is 0. The molecule has 1 saturated heterocycles. The molecule has 4 nitrogen and oxygen atoms in total. The molecule has 1 atom stereocenters. The van der Waals surface area contributed by atoms with Crippen molar-refractivity contribution in [3.05, 3.63) is 23.3 Å². The fourth-order valence-corrected chi connectivity index (χ4v) is 2.38. The van der Waals surface area contributed by atoms with Gasteiger partial charge in [0.15, 0.2) is 11.5 Å². The smallest absolute Gasteiger partial charge is 0.416 e. The molecule has 20 heavy (non-hydrogen) atoms. The van der Waals surface area contributed by atoms with E-state index in [1.165, 1.54) is 6.07 Å². The lowest BCUT2D eigenvalue weighted by molar-refractivity contribution is -0.140. The van der Waals surface area contributed by atoms with Crippen LogP contribution in [0.5, 0.6) is 11.5 Å². The third kappa shape index (κ3) is 2.55. The van der Waals surface area contributed by atoms with Crippen molar-refractivity contribution in [3.63, 3.8) is 0 Å². The van der Waals surface area contributed by atoms with Crippen molar-refractivity contribution < 1.29 is 27.4 Å². The summed E-state index contributed by atoms with van der Waals surface area (Å²) in [5.41, 5.74) is -0.635. The van der Waals surface area contributed by atoms with Crippen LogP contribution in [-0.2, 0) is 10.9 Å². The van der Waals surface area contributed by atoms with Gasteiger partial charge in [0.1, 0.15) is 13.2 Å². The second kappa shape index (κ2) is 5.14. The molecule has 2 heterocycles. The summed E-state index contributed by atoms with van der Waals surface area (Å²) < 4.78 is 55.6. The monoisotopic (exact) mass is 289 g/mol. The molecular formula is C13H14F3NO3. The van der Waals surface area contributed by atoms with Crippen molar-refractivity contribution in [3.8, 4) is 11.5 Å². The molecule has 0 saturated carbocycles. The first-order valence-corrected chi connectivity index (χ1v) is 6.39. The number of alkyl halides is 3. The molecule has 0 aromatic heterocycles. The number of fused-ring (bicyclic) bond motifs is 1. The van der Waals surface area contributed by atoms with Crippen LogP contribution in [-0.4, -0.2) is 32.9 Å². The molecule has 3 rings (SSSR count). The zero-order chi connectivity index (χ0) is 14.2. The lowest BCUT2D eigenvalue weighted by Crippen LogP contribution is -2.34. The topological polar surface area (TPSA) is 39.7 Å². The van der Waals surface area contributed by atoms with Crippen LogP contribution in [0.3, 0.4) is 0 Å². The van der Waals surface area contributed by atoms with Gasteiger partial charge < -0.3 is 19.5 Å². The Bertz CT molecular complexity index is 498. The van der Waals surface area contributed by atoms with Crippen molar-refractivity contribution in [2.24, 2.45) is 0 Å². The molecular weight excluding hydrogens is 275 g/mol. The first kappa shape index (κ1) is 13.5. The van der Waals surface area contributed by atoms with Gasteiger partial charge in [0.2, 0.25) is 0 Å². The van der Waals surface area contributed by atoms with E-state index in [1.54, 1.807) is 0 Å². The van der Waals surface area contributed by atoms with Crippen molar-refractivity contribution in [1.82, 2.24) is 5.32 Å². The summed E-state index contributed by atoms with van der Waals surface area (Å²) >= 11 is 0. The first-order valence-electron chi connectivity index (χ1n) is 6.39. The van der Waals surface area contributed by atoms with Gasteiger partial charge in [0.05, 0.1) is 18.3 Å². The highest BCUT2D eigenvalue weighted by atomic mass is 19.4. The molecule has 0 amide bonds. The van der Waals surface area contributed by atoms with Crippen molar-refractivity contribution in [1.29, 1.82) is 0 Å². The molecule has 1 aromatic carbocycles. The van der Waals surface area contributed by atoms with Gasteiger partial charge in [-0.1, -0.05) is 0 Å². The minimum absolute atomic E-state index is 0.0916. The standard InChI is InChI=1S/C13H14F3NO3/c14-13(15,16)9-6-11-10(19-3-4-20-11)5-8(9)12-7-17-1-2-18-12/h5-6,12,17H,1-4,7H2. The predicted molar refractivity (Wildman–Crippen MR) is 64.0 cm³/mol. The van der Waals surface area contributed by atoms with E-state index in [0.717, 1.165) is 6.07 Å². The quantitative estimate of drug-likeness (QED) is 0.860. The van der Waals surface area contributed by atoms with Crippen LogP contribution >= 0.6 is 0 Å². The Balaban J connectivity index is 2.05. The lowest BCUT2D eigenvalue weighted by atomic mass is 9.99. The van der Waals surface area contributed by atoms with Crippen molar-refractivity contribution in [2.75, 3.05) is 32.9 Å². The third-order valence-corrected chi connectivity index (χ3v) is 3.29. The first-order chi connectivity index (χ1) is 9.55. The second-order valence-electron chi connectivity index (χ2n) is 4.64. The minimum Gasteiger partial charge on any atom is -0.486 e. The number of nitrogens with one attached hydrogen (secondary N) is 1. The predicted octanol–water partition coefficient (Wildman–Crippen LogP) is 2.14. The van der Waals surface area contributed by atoms with Crippen LogP contribution in [0, 0.1) is 0 Å². The fraction of sp³-hybridized carbons (Fsp3) is 0.538. The van der Waals surface area contributed by atoms with E-state index in [2.05, 4.69) is 5.32 Å². The van der Waals surface area contributed by atoms with Gasteiger partial charge in [0.25, 0.3) is 0 Å². The van der Waals surface area contributed by atoms with Crippen molar-refractivity contribution >= 4 is 0 Å². The Labute approximate surface area is 113 Å². The normalized spacial score (nSPS) is 22.6. The maximum atomic E-state index is 13.2. The van der Waals surface area contributed by atoms with Crippen LogP contribution in [0.1, 0.15) is 17.2 Å². The summed E-state index contributed by atoms with van der Waals surface area (Å²) in [5, 5.41) is 3.03. The van der Waals surface area contributed by atoms with Crippen LogP contribution in [0.2, 0.25) is 0 Å². The second-order valence-corrected chi connectivity index (χ2v) is 4.64. The molecule has 0 bridgehead atoms. The number of hydrogen-bond donors (Lipinski definition) is 1. The average molecular weight is 289 g/mol. The van der Waals surface area contributed by atoms with E-state index in [4.69, 9.17) is 14.2 Å². The fourth-order valence-electron chi connectivity index (χ4n) is 2.38. The van der Waals surface area contributed by atoms with E-state index < -0.39 is 17.8 Å². The van der Waals surface area contributed by atoms with E-state index in [0.29, 0.717) is 32.1 Å². The Morgan fingerprint density at radius 3 is 2.35 bits per heavy atom. The number of morpholine rings is 1. The van der Waals surface area contributed by atoms with Crippen molar-refractivity contribution in [2.45, 2.75) is 12.3 Å². The lowest BCUT2D eigenvalue weighted by Gasteiger charge is -2.28. The molecule has 1 aromatic rings. The maximum Gasteiger partial charge on any atom is 0.416 e. The van der Waals surface area contributed by atoms with Crippen LogP contribution < -0.4 is 14.8 Å². The van der Waals surface area contributed by atoms with Crippen LogP contribution in [0.4, 0.5) is 13.2 Å². The SMILES string of the molecule is FC(F)(F)c1cc2c(cc1C1CNCCO1)OCCO2. The van der Waals surface area contributed by atoms with E-state index in [9.17, 15) is 13.2 Å². The summed E-state index contributed by atoms with van der Waals surface area (Å²) in [5.74, 6) is 0.476. The summed E-state index contributed by atoms with van der Waals surface area (Å²) in [6, 6.07) is 2.39. The molecule has 0 spiro atoms. The zero-order valence-electron chi connectivity index (χ0n) is 10.6. The molecule has 7 heteroatoms. The maximum absolute atomic E-state index is 13.2. The molecule has 1 unspecified atom stereocenters. The highest BCUT2D eigenvalue weighted by molar-refractivity contribution is 5.50. The Morgan fingerprint density at radius 1 is 1.05 bits per heavy atom. The number of benzene rings is 1. The number of hydrogen-bond acceptors (Lipinski definition) is 4. The number of rotatable bonds is 1. The van der Waals surface area contributed by atoms with Crippen LogP contribution in [0.25, 0.3) is 0 Å². The average Bonchev–Trinajstić information content (AvgIpc) is 2.46. The van der Waals surface area contributed by atoms with E-state index in [-0.39, 0.29) is 17.9 Å². The molecule has 1 fully saturated rings. The summed E-state index contributed by atoms with van der Waals surface area (Å²) in [4.78, 5) is 0. The van der Waals surface area contributed by atoms with Gasteiger partial charge in [-0.2, -0.15) is 13.2 Å². The van der Waals surface area contributed by atoms with Crippen LogP contribution in [0.15, 0.2) is 12.1 Å². The Kier molecular flexibility index (Phi) is 3.47. The van der Waals surface area contributed by atoms with Gasteiger partial charge in [-0.05, 0) is 17.7 Å². The minimum atomic E-state index is -4.45. The van der Waals surface area contributed by atoms with E-state index in [1.807, 2.05) is 0 Å². The molecule has 0 aliphatic carbocycles. The van der Waals surface area contributed by atoms with Gasteiger partial charge >= 0.3 is 6.18 Å². The molecule has 2 aliphatic rings. The third-order valence-electron chi connectivity index (χ3n) is 3.29. The van der Waals surface area contributed by atoms with E-state index >= 15 is 0 Å². The molecule has 0 radical (unpaired) electrons. The summed E-state index contributed by atoms with van der Waals surface area (Å²) in [6.45, 7) is 1.97. The Hall–Kier alpha value is -1.47. The Morgan fingerprint density at radius 2 is 1.75 bits per heavy atom. The van der Waals surface area contributed by atoms with Gasteiger partial charge in [0, 0.05) is 13.1 Å². The molecule has 110 valence electrons. The largest absolute Gasteiger partial charge is 0.486 e. The van der Waals surface area contributed by atoms with Gasteiger partial charge in [-0.15, -0.1) is 0 Å². The molecule has 1 N–H and O–H groups in total. The highest BCUT2D eigenvalue weighted by Gasteiger charge is 2.38. The number of ether oxygens (including phenoxy) is 3. The van der Waals surface area contributed by atoms with Gasteiger partial charge in [-0.3, -0.25) is 0 Å². The molecule has 2 aliphatic heterocycles. The van der Waals surface area contributed by atoms with Gasteiger partial charge in [-0.25, -0.2) is 0 Å².